The fourth-order valence-corrected chi connectivity index (χ4v) is 5.55. The molecule has 0 aliphatic carbocycles. The molecule has 1 saturated heterocycles. The van der Waals surface area contributed by atoms with Crippen molar-refractivity contribution in [3.63, 3.8) is 0 Å². The van der Waals surface area contributed by atoms with Crippen molar-refractivity contribution in [1.29, 1.82) is 5.26 Å². The summed E-state index contributed by atoms with van der Waals surface area (Å²) in [6.45, 7) is 5.53. The van der Waals surface area contributed by atoms with E-state index in [1.807, 2.05) is 20.8 Å². The van der Waals surface area contributed by atoms with Crippen LogP contribution >= 0.6 is 23.2 Å². The SMILES string of the molecule is CC(C)(C)C[C@H]1CN(C(=O)NCC[C@H](O)CO)[C@@H](c2cccc(Cl)c2F)[C@]1(C#N)c1ccc(Cl)cc1F. The van der Waals surface area contributed by atoms with E-state index in [9.17, 15) is 15.2 Å². The molecule has 4 atom stereocenters. The zero-order valence-electron chi connectivity index (χ0n) is 20.9. The summed E-state index contributed by atoms with van der Waals surface area (Å²) in [5.41, 5.74) is -1.98. The average molecular weight is 554 g/mol. The Morgan fingerprint density at radius 1 is 1.30 bits per heavy atom. The van der Waals surface area contributed by atoms with E-state index >= 15 is 8.78 Å². The molecule has 1 aliphatic heterocycles. The largest absolute Gasteiger partial charge is 0.394 e. The third kappa shape index (κ3) is 6.01. The quantitative estimate of drug-likeness (QED) is 0.416. The molecule has 2 aromatic rings. The number of hydrogen-bond acceptors (Lipinski definition) is 4. The minimum absolute atomic E-state index is 0.00893. The third-order valence-electron chi connectivity index (χ3n) is 6.73. The van der Waals surface area contributed by atoms with Crippen LogP contribution in [0.25, 0.3) is 0 Å². The van der Waals surface area contributed by atoms with Gasteiger partial charge in [0, 0.05) is 35.2 Å². The van der Waals surface area contributed by atoms with Gasteiger partial charge in [0.25, 0.3) is 0 Å². The number of amides is 2. The second kappa shape index (κ2) is 11.5. The molecule has 0 bridgehead atoms. The van der Waals surface area contributed by atoms with Gasteiger partial charge < -0.3 is 20.4 Å². The van der Waals surface area contributed by atoms with Gasteiger partial charge in [-0.15, -0.1) is 0 Å². The molecule has 3 rings (SSSR count). The first-order valence-corrected chi connectivity index (χ1v) is 12.8. The Balaban J connectivity index is 2.24. The number of likely N-dealkylation sites (tertiary alicyclic amines) is 1. The number of carbonyl (C=O) groups is 1. The second-order valence-electron chi connectivity index (χ2n) is 10.6. The lowest BCUT2D eigenvalue weighted by atomic mass is 9.63. The van der Waals surface area contributed by atoms with Gasteiger partial charge in [0.2, 0.25) is 0 Å². The van der Waals surface area contributed by atoms with Crippen LogP contribution in [-0.4, -0.2) is 46.9 Å². The van der Waals surface area contributed by atoms with E-state index in [1.165, 1.54) is 35.2 Å². The van der Waals surface area contributed by atoms with E-state index in [2.05, 4.69) is 11.4 Å². The number of nitrogens with zero attached hydrogens (tertiary/aromatic N) is 2. The van der Waals surface area contributed by atoms with Crippen LogP contribution in [0.3, 0.4) is 0 Å². The van der Waals surface area contributed by atoms with Gasteiger partial charge in [0.1, 0.15) is 17.0 Å². The van der Waals surface area contributed by atoms with Crippen molar-refractivity contribution < 1.29 is 23.8 Å². The number of aliphatic hydroxyl groups is 2. The molecule has 2 amide bonds. The first-order valence-electron chi connectivity index (χ1n) is 12.0. The highest BCUT2D eigenvalue weighted by Crippen LogP contribution is 2.56. The average Bonchev–Trinajstić information content (AvgIpc) is 3.13. The number of carbonyl (C=O) groups excluding carboxylic acids is 1. The van der Waals surface area contributed by atoms with Crippen molar-refractivity contribution in [2.24, 2.45) is 11.3 Å². The van der Waals surface area contributed by atoms with Crippen LogP contribution in [0.1, 0.15) is 50.8 Å². The van der Waals surface area contributed by atoms with E-state index in [0.717, 1.165) is 6.07 Å². The van der Waals surface area contributed by atoms with Crippen LogP contribution in [0.2, 0.25) is 10.0 Å². The molecule has 2 aromatic carbocycles. The van der Waals surface area contributed by atoms with E-state index in [0.29, 0.717) is 6.42 Å². The zero-order chi connectivity index (χ0) is 27.5. The minimum atomic E-state index is -1.67. The molecule has 0 unspecified atom stereocenters. The van der Waals surface area contributed by atoms with Gasteiger partial charge in [0.05, 0.1) is 29.8 Å². The van der Waals surface area contributed by atoms with Crippen molar-refractivity contribution >= 4 is 29.2 Å². The predicted molar refractivity (Wildman–Crippen MR) is 138 cm³/mol. The van der Waals surface area contributed by atoms with Crippen LogP contribution in [0, 0.1) is 34.3 Å². The molecule has 10 heteroatoms. The standard InChI is InChI=1S/C27H31Cl2F2N3O3/c1-26(2,3)12-16-13-34(25(37)33-10-9-18(36)14-35)24(19-5-4-6-21(29)23(19)31)27(16,15-32)20-8-7-17(28)11-22(20)30/h4-8,11,16,18,24,35-36H,9-10,12-14H2,1-3H3,(H,33,37)/t16-,18-,24-,27-/m0/s1. The van der Waals surface area contributed by atoms with Crippen LogP contribution in [-0.2, 0) is 5.41 Å². The fourth-order valence-electron chi connectivity index (χ4n) is 5.21. The molecule has 200 valence electrons. The van der Waals surface area contributed by atoms with Crippen molar-refractivity contribution in [3.05, 3.63) is 69.2 Å². The molecule has 1 heterocycles. The van der Waals surface area contributed by atoms with Gasteiger partial charge in [-0.25, -0.2) is 13.6 Å². The molecular weight excluding hydrogens is 523 g/mol. The highest BCUT2D eigenvalue weighted by molar-refractivity contribution is 6.31. The number of nitrogens with one attached hydrogen (secondary N) is 1. The van der Waals surface area contributed by atoms with Gasteiger partial charge in [-0.2, -0.15) is 5.26 Å². The summed E-state index contributed by atoms with van der Waals surface area (Å²) in [5.74, 6) is -2.10. The Hall–Kier alpha value is -2.44. The maximum Gasteiger partial charge on any atom is 0.317 e. The summed E-state index contributed by atoms with van der Waals surface area (Å²) in [5, 5.41) is 32.1. The third-order valence-corrected chi connectivity index (χ3v) is 7.25. The number of urea groups is 1. The van der Waals surface area contributed by atoms with Gasteiger partial charge >= 0.3 is 6.03 Å². The van der Waals surface area contributed by atoms with E-state index < -0.39 is 47.8 Å². The lowest BCUT2D eigenvalue weighted by Crippen LogP contribution is -2.44. The zero-order valence-corrected chi connectivity index (χ0v) is 22.5. The van der Waals surface area contributed by atoms with Crippen LogP contribution in [0.5, 0.6) is 0 Å². The number of nitriles is 1. The topological polar surface area (TPSA) is 96.6 Å². The monoisotopic (exact) mass is 553 g/mol. The Morgan fingerprint density at radius 3 is 2.59 bits per heavy atom. The summed E-state index contributed by atoms with van der Waals surface area (Å²) < 4.78 is 31.1. The van der Waals surface area contributed by atoms with Gasteiger partial charge in [-0.1, -0.05) is 62.2 Å². The molecule has 37 heavy (non-hydrogen) atoms. The number of benzene rings is 2. The maximum absolute atomic E-state index is 15.5. The number of hydrogen-bond donors (Lipinski definition) is 3. The summed E-state index contributed by atoms with van der Waals surface area (Å²) in [6.07, 6.45) is -0.503. The number of rotatable bonds is 7. The van der Waals surface area contributed by atoms with Gasteiger partial charge in [-0.3, -0.25) is 0 Å². The highest BCUT2D eigenvalue weighted by Gasteiger charge is 2.60. The van der Waals surface area contributed by atoms with Crippen molar-refractivity contribution in [3.8, 4) is 6.07 Å². The van der Waals surface area contributed by atoms with Crippen LogP contribution < -0.4 is 5.32 Å². The number of aliphatic hydroxyl groups excluding tert-OH is 2. The Bertz CT molecular complexity index is 1180. The van der Waals surface area contributed by atoms with Crippen LogP contribution in [0.15, 0.2) is 36.4 Å². The molecule has 0 aromatic heterocycles. The van der Waals surface area contributed by atoms with E-state index in [4.69, 9.17) is 28.3 Å². The smallest absolute Gasteiger partial charge is 0.317 e. The molecule has 1 aliphatic rings. The first kappa shape index (κ1) is 29.1. The molecule has 0 spiro atoms. The molecule has 0 radical (unpaired) electrons. The summed E-state index contributed by atoms with van der Waals surface area (Å²) in [7, 11) is 0. The predicted octanol–water partition coefficient (Wildman–Crippen LogP) is 5.60. The van der Waals surface area contributed by atoms with Crippen molar-refractivity contribution in [1.82, 2.24) is 10.2 Å². The summed E-state index contributed by atoms with van der Waals surface area (Å²) in [4.78, 5) is 14.8. The van der Waals surface area contributed by atoms with Crippen molar-refractivity contribution in [2.45, 2.75) is 51.2 Å². The summed E-state index contributed by atoms with van der Waals surface area (Å²) >= 11 is 12.1. The highest BCUT2D eigenvalue weighted by atomic mass is 35.5. The van der Waals surface area contributed by atoms with E-state index in [-0.39, 0.29) is 46.1 Å². The summed E-state index contributed by atoms with van der Waals surface area (Å²) in [6, 6.07) is 8.79. The maximum atomic E-state index is 15.5. The Labute approximate surface area is 225 Å². The lowest BCUT2D eigenvalue weighted by molar-refractivity contribution is 0.0881. The van der Waals surface area contributed by atoms with Gasteiger partial charge in [0.15, 0.2) is 0 Å². The number of halogens is 4. The molecular formula is C27H31Cl2F2N3O3. The van der Waals surface area contributed by atoms with Gasteiger partial charge in [-0.05, 0) is 36.5 Å². The molecule has 0 saturated carbocycles. The van der Waals surface area contributed by atoms with Crippen molar-refractivity contribution in [2.75, 3.05) is 19.7 Å². The first-order chi connectivity index (χ1) is 17.4. The molecule has 1 fully saturated rings. The molecule has 6 nitrogen and oxygen atoms in total. The Morgan fingerprint density at radius 2 is 2.00 bits per heavy atom. The second-order valence-corrected chi connectivity index (χ2v) is 11.5. The minimum Gasteiger partial charge on any atom is -0.394 e. The Kier molecular flexibility index (Phi) is 9.07. The normalized spacial score (nSPS) is 22.5. The molecule has 3 N–H and O–H groups in total. The van der Waals surface area contributed by atoms with Crippen LogP contribution in [0.4, 0.5) is 13.6 Å². The van der Waals surface area contributed by atoms with E-state index in [1.54, 1.807) is 0 Å². The fraction of sp³-hybridized carbons (Fsp3) is 0.481. The lowest BCUT2D eigenvalue weighted by Gasteiger charge is -2.38.